The number of aryl methyl sites for hydroxylation is 2. The number of rotatable bonds is 6. The van der Waals surface area contributed by atoms with Crippen LogP contribution in [-0.4, -0.2) is 41.1 Å². The lowest BCUT2D eigenvalue weighted by molar-refractivity contribution is -0.138. The molecule has 0 unspecified atom stereocenters. The highest BCUT2D eigenvalue weighted by atomic mass is 79.9. The zero-order valence-corrected chi connectivity index (χ0v) is 13.3. The first-order chi connectivity index (χ1) is 9.52. The molecule has 8 nitrogen and oxygen atoms in total. The van der Waals surface area contributed by atoms with Crippen molar-refractivity contribution < 1.29 is 9.90 Å². The van der Waals surface area contributed by atoms with Gasteiger partial charge in [0.2, 0.25) is 5.16 Å². The molecule has 0 aromatic carbocycles. The zero-order chi connectivity index (χ0) is 14.7. The Hall–Kier alpha value is -1.42. The average Bonchev–Trinajstić information content (AvgIpc) is 2.92. The van der Waals surface area contributed by atoms with E-state index >= 15 is 0 Å². The second-order valence-electron chi connectivity index (χ2n) is 3.99. The summed E-state index contributed by atoms with van der Waals surface area (Å²) in [6, 6.07) is 0. The van der Waals surface area contributed by atoms with Gasteiger partial charge in [0, 0.05) is 12.8 Å². The van der Waals surface area contributed by atoms with Crippen molar-refractivity contribution in [2.75, 3.05) is 0 Å². The molecule has 1 N–H and O–H groups in total. The molecule has 0 radical (unpaired) electrons. The summed E-state index contributed by atoms with van der Waals surface area (Å²) in [6.45, 7) is 1.79. The Kier molecular flexibility index (Phi) is 4.76. The molecule has 0 spiro atoms. The maximum Gasteiger partial charge on any atom is 0.325 e. The predicted molar refractivity (Wildman–Crippen MR) is 75.3 cm³/mol. The van der Waals surface area contributed by atoms with E-state index in [1.165, 1.54) is 16.4 Å². The molecule has 0 aliphatic rings. The molecule has 108 valence electrons. The number of aromatic nitrogens is 6. The van der Waals surface area contributed by atoms with Gasteiger partial charge in [-0.2, -0.15) is 5.10 Å². The van der Waals surface area contributed by atoms with Crippen LogP contribution in [0.3, 0.4) is 0 Å². The van der Waals surface area contributed by atoms with E-state index in [0.29, 0.717) is 10.9 Å². The average molecular weight is 361 g/mol. The summed E-state index contributed by atoms with van der Waals surface area (Å²) in [6.07, 6.45) is 0.843. The molecule has 2 heterocycles. The van der Waals surface area contributed by atoms with E-state index < -0.39 is 5.97 Å². The fourth-order valence-electron chi connectivity index (χ4n) is 1.64. The van der Waals surface area contributed by atoms with Gasteiger partial charge in [-0.25, -0.2) is 4.68 Å². The van der Waals surface area contributed by atoms with Crippen LogP contribution in [0.25, 0.3) is 0 Å². The van der Waals surface area contributed by atoms with Crippen LogP contribution in [0.1, 0.15) is 18.3 Å². The molecule has 2 aromatic heterocycles. The molecule has 0 saturated carbocycles. The van der Waals surface area contributed by atoms with Gasteiger partial charge in [0.1, 0.15) is 6.54 Å². The Bertz CT molecular complexity index is 625. The lowest BCUT2D eigenvalue weighted by atomic mass is 10.3. The Morgan fingerprint density at radius 1 is 1.50 bits per heavy atom. The van der Waals surface area contributed by atoms with Crippen molar-refractivity contribution in [2.45, 2.75) is 30.8 Å². The minimum atomic E-state index is -0.978. The molecule has 0 aliphatic heterocycles. The third-order valence-corrected chi connectivity index (χ3v) is 4.51. The van der Waals surface area contributed by atoms with Gasteiger partial charge < -0.3 is 5.11 Å². The van der Waals surface area contributed by atoms with E-state index in [0.717, 1.165) is 22.3 Å². The predicted octanol–water partition coefficient (Wildman–Crippen LogP) is 1.11. The monoisotopic (exact) mass is 360 g/mol. The fraction of sp³-hybridized carbons (Fsp3) is 0.500. The van der Waals surface area contributed by atoms with Crippen molar-refractivity contribution in [1.29, 1.82) is 0 Å². The largest absolute Gasteiger partial charge is 0.480 e. The van der Waals surface area contributed by atoms with Gasteiger partial charge in [0.05, 0.1) is 15.9 Å². The van der Waals surface area contributed by atoms with Gasteiger partial charge >= 0.3 is 5.97 Å². The normalized spacial score (nSPS) is 10.9. The summed E-state index contributed by atoms with van der Waals surface area (Å²) >= 11 is 4.91. The molecule has 0 aliphatic carbocycles. The van der Waals surface area contributed by atoms with Crippen molar-refractivity contribution in [3.63, 3.8) is 0 Å². The van der Waals surface area contributed by atoms with Crippen LogP contribution in [0.4, 0.5) is 0 Å². The third kappa shape index (κ3) is 3.18. The van der Waals surface area contributed by atoms with E-state index in [9.17, 15) is 4.79 Å². The first kappa shape index (κ1) is 15.0. The number of thioether (sulfide) groups is 1. The lowest BCUT2D eigenvalue weighted by Crippen LogP contribution is -2.11. The van der Waals surface area contributed by atoms with Crippen LogP contribution in [0.2, 0.25) is 0 Å². The number of carbonyl (C=O) groups is 1. The van der Waals surface area contributed by atoms with Crippen LogP contribution in [-0.2, 0) is 30.6 Å². The molecular formula is C10H13BrN6O2S. The Morgan fingerprint density at radius 2 is 2.25 bits per heavy atom. The molecule has 2 aromatic rings. The maximum absolute atomic E-state index is 10.7. The zero-order valence-electron chi connectivity index (χ0n) is 10.9. The molecule has 2 rings (SSSR count). The second-order valence-corrected chi connectivity index (χ2v) is 5.72. The molecule has 0 bridgehead atoms. The van der Waals surface area contributed by atoms with E-state index in [1.807, 2.05) is 14.0 Å². The number of carboxylic acid groups (broad SMARTS) is 1. The van der Waals surface area contributed by atoms with Crippen LogP contribution in [0.15, 0.2) is 9.63 Å². The number of halogens is 1. The molecule has 0 saturated heterocycles. The highest BCUT2D eigenvalue weighted by Gasteiger charge is 2.15. The number of tetrazole rings is 1. The van der Waals surface area contributed by atoms with Crippen molar-refractivity contribution >= 4 is 33.7 Å². The van der Waals surface area contributed by atoms with Gasteiger partial charge in [0.25, 0.3) is 0 Å². The van der Waals surface area contributed by atoms with Crippen molar-refractivity contribution in [3.05, 3.63) is 15.9 Å². The highest BCUT2D eigenvalue weighted by Crippen LogP contribution is 2.27. The minimum Gasteiger partial charge on any atom is -0.480 e. The molecule has 20 heavy (non-hydrogen) atoms. The standard InChI is InChI=1S/C10H13BrN6O2S/c1-3-6-9(11)7(16(2)13-6)5-20-10-12-14-15-17(10)4-8(18)19/h3-5H2,1-2H3,(H,18,19). The molecule has 0 amide bonds. The van der Waals surface area contributed by atoms with Crippen molar-refractivity contribution in [2.24, 2.45) is 7.05 Å². The first-order valence-electron chi connectivity index (χ1n) is 5.84. The van der Waals surface area contributed by atoms with E-state index in [4.69, 9.17) is 5.11 Å². The number of aliphatic carboxylic acids is 1. The number of carboxylic acids is 1. The molecule has 0 fully saturated rings. The van der Waals surface area contributed by atoms with Crippen molar-refractivity contribution in [3.8, 4) is 0 Å². The summed E-state index contributed by atoms with van der Waals surface area (Å²) in [7, 11) is 1.88. The van der Waals surface area contributed by atoms with Crippen LogP contribution < -0.4 is 0 Å². The summed E-state index contributed by atoms with van der Waals surface area (Å²) in [5, 5.41) is 24.6. The smallest absolute Gasteiger partial charge is 0.325 e. The Labute approximate surface area is 127 Å². The van der Waals surface area contributed by atoms with Crippen LogP contribution in [0, 0.1) is 0 Å². The molecule has 10 heteroatoms. The number of hydrogen-bond acceptors (Lipinski definition) is 6. The second kappa shape index (κ2) is 6.35. The van der Waals surface area contributed by atoms with Gasteiger partial charge in [-0.15, -0.1) is 5.10 Å². The lowest BCUT2D eigenvalue weighted by Gasteiger charge is -2.03. The molecule has 0 atom stereocenters. The fourth-order valence-corrected chi connectivity index (χ4v) is 3.52. The van der Waals surface area contributed by atoms with E-state index in [-0.39, 0.29) is 6.54 Å². The van der Waals surface area contributed by atoms with Crippen LogP contribution in [0.5, 0.6) is 0 Å². The van der Waals surface area contributed by atoms with Gasteiger partial charge in [-0.05, 0) is 32.8 Å². The summed E-state index contributed by atoms with van der Waals surface area (Å²) in [5.41, 5.74) is 2.00. The highest BCUT2D eigenvalue weighted by molar-refractivity contribution is 9.10. The Balaban J connectivity index is 2.11. The van der Waals surface area contributed by atoms with Crippen molar-refractivity contribution in [1.82, 2.24) is 30.0 Å². The topological polar surface area (TPSA) is 98.7 Å². The SMILES string of the molecule is CCc1nn(C)c(CSc2nnnn2CC(=O)O)c1Br. The molecular weight excluding hydrogens is 348 g/mol. The van der Waals surface area contributed by atoms with E-state index in [1.54, 1.807) is 4.68 Å². The quantitative estimate of drug-likeness (QED) is 0.770. The summed E-state index contributed by atoms with van der Waals surface area (Å²) in [5.74, 6) is -0.376. The minimum absolute atomic E-state index is 0.248. The Morgan fingerprint density at radius 3 is 2.85 bits per heavy atom. The van der Waals surface area contributed by atoms with E-state index in [2.05, 4.69) is 36.6 Å². The van der Waals surface area contributed by atoms with Gasteiger partial charge in [-0.1, -0.05) is 18.7 Å². The summed E-state index contributed by atoms with van der Waals surface area (Å²) < 4.78 is 4.05. The number of nitrogens with zero attached hydrogens (tertiary/aromatic N) is 6. The summed E-state index contributed by atoms with van der Waals surface area (Å²) in [4.78, 5) is 10.7. The third-order valence-electron chi connectivity index (χ3n) is 2.63. The number of hydrogen-bond donors (Lipinski definition) is 1. The maximum atomic E-state index is 10.7. The van der Waals surface area contributed by atoms with Crippen LogP contribution >= 0.6 is 27.7 Å². The van der Waals surface area contributed by atoms with Gasteiger partial charge in [0.15, 0.2) is 0 Å². The van der Waals surface area contributed by atoms with Gasteiger partial charge in [-0.3, -0.25) is 9.48 Å². The first-order valence-corrected chi connectivity index (χ1v) is 7.61.